The van der Waals surface area contributed by atoms with Gasteiger partial charge in [0.1, 0.15) is 52.9 Å². The largest absolute Gasteiger partial charge is 0.456 e. The van der Waals surface area contributed by atoms with E-state index < -0.39 is 41.6 Å². The van der Waals surface area contributed by atoms with E-state index in [1.54, 1.807) is 65.7 Å². The van der Waals surface area contributed by atoms with Crippen molar-refractivity contribution >= 4 is 45.9 Å². The maximum absolute atomic E-state index is 15.9. The number of unbranched alkanes of at least 4 members (excludes halogenated alkanes) is 1. The van der Waals surface area contributed by atoms with E-state index in [0.29, 0.717) is 136 Å². The molecule has 0 aliphatic carbocycles. The summed E-state index contributed by atoms with van der Waals surface area (Å²) in [6.07, 6.45) is 6.81. The van der Waals surface area contributed by atoms with Gasteiger partial charge in [-0.05, 0) is 67.1 Å². The lowest BCUT2D eigenvalue weighted by atomic mass is 10.0. The third kappa shape index (κ3) is 11.5. The summed E-state index contributed by atoms with van der Waals surface area (Å²) in [7, 11) is 0. The van der Waals surface area contributed by atoms with Crippen molar-refractivity contribution in [2.75, 3.05) is 39.5 Å². The number of carbonyl (C=O) groups excluding carboxylic acids is 4. The van der Waals surface area contributed by atoms with E-state index in [1.165, 1.54) is 18.3 Å². The quantitative estimate of drug-likeness (QED) is 0.0455. The topological polar surface area (TPSA) is 232 Å². The molecule has 0 bridgehead atoms. The Labute approximate surface area is 424 Å². The lowest BCUT2D eigenvalue weighted by molar-refractivity contribution is -0.134. The summed E-state index contributed by atoms with van der Waals surface area (Å²) in [4.78, 5) is 85.0. The van der Waals surface area contributed by atoms with Gasteiger partial charge in [0.2, 0.25) is 11.3 Å². The molecule has 4 amide bonds. The number of aryl methyl sites for hydroxylation is 1. The highest BCUT2D eigenvalue weighted by atomic mass is 19.1. The number of nitrogens with zero attached hydrogens (tertiary/aromatic N) is 3. The number of likely N-dealkylation sites (tertiary alicyclic amines) is 1. The number of alkyl carbamates (subject to hydrolysis) is 2. The van der Waals surface area contributed by atoms with Gasteiger partial charge in [-0.15, -0.1) is 0 Å². The van der Waals surface area contributed by atoms with Crippen LogP contribution in [0.15, 0.2) is 113 Å². The Morgan fingerprint density at radius 2 is 1.35 bits per heavy atom. The fraction of sp³-hybridized carbons (Fsp3) is 0.364. The average Bonchev–Trinajstić information content (AvgIpc) is 4.23. The van der Waals surface area contributed by atoms with Gasteiger partial charge in [-0.25, -0.2) is 23.9 Å². The minimum Gasteiger partial charge on any atom is -0.456 e. The molecule has 10 rings (SSSR count). The Morgan fingerprint density at radius 3 is 2.04 bits per heavy atom. The van der Waals surface area contributed by atoms with Crippen LogP contribution in [0.25, 0.3) is 44.5 Å². The van der Waals surface area contributed by atoms with Gasteiger partial charge < -0.3 is 54.2 Å². The van der Waals surface area contributed by atoms with E-state index in [4.69, 9.17) is 23.4 Å². The number of aromatic nitrogens is 4. The summed E-state index contributed by atoms with van der Waals surface area (Å²) in [6, 6.07) is 23.5. The van der Waals surface area contributed by atoms with Crippen molar-refractivity contribution in [2.45, 2.75) is 88.1 Å². The van der Waals surface area contributed by atoms with Gasteiger partial charge >= 0.3 is 12.2 Å². The zero-order chi connectivity index (χ0) is 51.0. The molecule has 0 spiro atoms. The van der Waals surface area contributed by atoms with E-state index in [1.807, 2.05) is 24.3 Å². The predicted octanol–water partition coefficient (Wildman–Crippen LogP) is 8.26. The first-order chi connectivity index (χ1) is 36.1. The standard InChI is InChI=1S/C55H57FN8O10/c56-41-29-40-46(30-38(41)43-32-58-47(60-43)15-7-8-22-57-52(66)48(33-10-3-1-4-11-33)62-54(68)72-36-18-24-70-25-19-36)74-45-17-16-35(28-39(45)50(40)65)42-31-59-51(61-42)44-14-9-23-64(44)53(67)49(34-12-5-2-6-13-34)63-55(69)73-37-20-26-71-27-21-37/h1-6,10-13,16-17,28-32,36-37,44,48-49H,7-9,14-15,18-27H2,(H,57,66)(H,58,60)(H,59,61)(H,62,68)(H,63,69). The number of amides is 4. The summed E-state index contributed by atoms with van der Waals surface area (Å²) < 4.78 is 44.1. The monoisotopic (exact) mass is 1010 g/mol. The normalized spacial score (nSPS) is 17.2. The zero-order valence-electron chi connectivity index (χ0n) is 40.6. The van der Waals surface area contributed by atoms with Crippen LogP contribution in [0.3, 0.4) is 0 Å². The van der Waals surface area contributed by atoms with Crippen molar-refractivity contribution in [1.82, 2.24) is 40.8 Å². The minimum absolute atomic E-state index is 0.0715. The second-order valence-corrected chi connectivity index (χ2v) is 18.7. The van der Waals surface area contributed by atoms with Gasteiger partial charge in [-0.2, -0.15) is 0 Å². The number of benzene rings is 4. The van der Waals surface area contributed by atoms with Crippen LogP contribution in [0.2, 0.25) is 0 Å². The van der Waals surface area contributed by atoms with Crippen molar-refractivity contribution in [2.24, 2.45) is 0 Å². The van der Waals surface area contributed by atoms with Gasteiger partial charge in [0.25, 0.3) is 5.91 Å². The van der Waals surface area contributed by atoms with Gasteiger partial charge in [-0.1, -0.05) is 60.7 Å². The fourth-order valence-electron chi connectivity index (χ4n) is 9.81. The van der Waals surface area contributed by atoms with Crippen LogP contribution >= 0.6 is 0 Å². The number of ether oxygens (including phenoxy) is 4. The Bertz CT molecular complexity index is 3170. The number of fused-ring (bicyclic) bond motifs is 2. The summed E-state index contributed by atoms with van der Waals surface area (Å²) in [5.74, 6) is -0.112. The van der Waals surface area contributed by atoms with Gasteiger partial charge in [0.05, 0.1) is 67.0 Å². The van der Waals surface area contributed by atoms with Gasteiger partial charge in [-0.3, -0.25) is 14.4 Å². The predicted molar refractivity (Wildman–Crippen MR) is 270 cm³/mol. The highest BCUT2D eigenvalue weighted by Crippen LogP contribution is 2.35. The summed E-state index contributed by atoms with van der Waals surface area (Å²) in [5.41, 5.74) is 3.19. The molecule has 3 aliphatic heterocycles. The number of imidazole rings is 2. The summed E-state index contributed by atoms with van der Waals surface area (Å²) in [5, 5.41) is 8.79. The Hall–Kier alpha value is -7.90. The molecule has 0 saturated carbocycles. The minimum atomic E-state index is -0.983. The van der Waals surface area contributed by atoms with Crippen molar-refractivity contribution in [3.63, 3.8) is 0 Å². The third-order valence-electron chi connectivity index (χ3n) is 13.8. The molecule has 74 heavy (non-hydrogen) atoms. The second kappa shape index (κ2) is 22.9. The van der Waals surface area contributed by atoms with Gasteiger partial charge in [0, 0.05) is 56.3 Å². The first kappa shape index (κ1) is 49.7. The summed E-state index contributed by atoms with van der Waals surface area (Å²) in [6.45, 7) is 2.86. The molecule has 3 saturated heterocycles. The molecule has 3 unspecified atom stereocenters. The highest BCUT2D eigenvalue weighted by molar-refractivity contribution is 5.93. The Kier molecular flexibility index (Phi) is 15.4. The van der Waals surface area contributed by atoms with Crippen LogP contribution < -0.4 is 21.4 Å². The first-order valence-electron chi connectivity index (χ1n) is 25.2. The SMILES string of the molecule is O=C(NC(C(=O)NCCCCc1ncc(-c2cc3oc4ccc(-c5cnc(C6CCCN6C(=O)C(NC(=O)OC6CCOCC6)c6ccccc6)[nH]5)cc4c(=O)c3cc2F)[nH]1)c1ccccc1)OC1CCOCC1. The molecule has 3 fully saturated rings. The van der Waals surface area contributed by atoms with Crippen molar-refractivity contribution in [3.8, 4) is 22.5 Å². The number of H-pyrrole nitrogens is 2. The molecule has 3 aromatic heterocycles. The van der Waals surface area contributed by atoms with E-state index in [0.717, 1.165) is 6.42 Å². The molecular weight excluding hydrogens is 952 g/mol. The molecule has 3 atom stereocenters. The molecule has 19 heteroatoms. The lowest BCUT2D eigenvalue weighted by Gasteiger charge is -2.29. The molecule has 0 radical (unpaired) electrons. The lowest BCUT2D eigenvalue weighted by Crippen LogP contribution is -2.44. The molecule has 384 valence electrons. The van der Waals surface area contributed by atoms with E-state index in [9.17, 15) is 24.0 Å². The number of rotatable bonds is 16. The number of halogens is 1. The Balaban J connectivity index is 0.772. The molecular formula is C55H57FN8O10. The number of carbonyl (C=O) groups is 4. The van der Waals surface area contributed by atoms with Crippen LogP contribution in [0, 0.1) is 5.82 Å². The van der Waals surface area contributed by atoms with Crippen molar-refractivity contribution < 1.29 is 46.9 Å². The zero-order valence-corrected chi connectivity index (χ0v) is 40.6. The first-order valence-corrected chi connectivity index (χ1v) is 25.2. The summed E-state index contributed by atoms with van der Waals surface area (Å²) >= 11 is 0. The Morgan fingerprint density at radius 1 is 0.716 bits per heavy atom. The van der Waals surface area contributed by atoms with Crippen molar-refractivity contribution in [1.29, 1.82) is 0 Å². The van der Waals surface area contributed by atoms with E-state index in [-0.39, 0.29) is 45.9 Å². The van der Waals surface area contributed by atoms with Crippen LogP contribution in [-0.4, -0.2) is 101 Å². The van der Waals surface area contributed by atoms with Crippen LogP contribution in [-0.2, 0) is 35.0 Å². The third-order valence-corrected chi connectivity index (χ3v) is 13.8. The molecule has 5 N–H and O–H groups in total. The maximum atomic E-state index is 15.9. The average molecular weight is 1010 g/mol. The van der Waals surface area contributed by atoms with Crippen LogP contribution in [0.5, 0.6) is 0 Å². The van der Waals surface area contributed by atoms with Crippen LogP contribution in [0.4, 0.5) is 14.0 Å². The maximum Gasteiger partial charge on any atom is 0.408 e. The number of nitrogens with one attached hydrogen (secondary N) is 5. The number of hydrogen-bond donors (Lipinski definition) is 5. The van der Waals surface area contributed by atoms with Crippen molar-refractivity contribution in [3.05, 3.63) is 142 Å². The second-order valence-electron chi connectivity index (χ2n) is 18.7. The molecule has 3 aliphatic rings. The molecule has 18 nitrogen and oxygen atoms in total. The number of hydrogen-bond acceptors (Lipinski definition) is 12. The molecule has 7 aromatic rings. The van der Waals surface area contributed by atoms with E-state index in [2.05, 4.69) is 35.9 Å². The molecule has 4 aromatic carbocycles. The molecule has 6 heterocycles. The fourth-order valence-corrected chi connectivity index (χ4v) is 9.81. The van der Waals surface area contributed by atoms with Gasteiger partial charge in [0.15, 0.2) is 0 Å². The van der Waals surface area contributed by atoms with Crippen LogP contribution in [0.1, 0.15) is 92.3 Å². The number of aromatic amines is 2. The van der Waals surface area contributed by atoms with E-state index >= 15 is 4.39 Å². The smallest absolute Gasteiger partial charge is 0.408 e. The highest BCUT2D eigenvalue weighted by Gasteiger charge is 2.38.